The minimum Gasteiger partial charge on any atom is -0.383 e. The number of nitrogens with two attached hydrogens (primary N) is 1. The Morgan fingerprint density at radius 1 is 1.41 bits per heavy atom. The highest BCUT2D eigenvalue weighted by atomic mass is 16.5. The van der Waals surface area contributed by atoms with Crippen LogP contribution in [0.15, 0.2) is 0 Å². The van der Waals surface area contributed by atoms with Gasteiger partial charge in [-0.15, -0.1) is 0 Å². The lowest BCUT2D eigenvalue weighted by molar-refractivity contribution is -0.120. The van der Waals surface area contributed by atoms with Crippen LogP contribution in [0.4, 0.5) is 0 Å². The Bertz CT molecular complexity index is 210. The highest BCUT2D eigenvalue weighted by Gasteiger charge is 2.16. The molecule has 0 heterocycles. The average molecular weight is 245 g/mol. The number of likely N-dealkylation sites (N-methyl/N-ethyl adjacent to an activating group) is 1. The summed E-state index contributed by atoms with van der Waals surface area (Å²) in [5, 5.41) is 3.10. The lowest BCUT2D eigenvalue weighted by atomic mass is 10.1. The van der Waals surface area contributed by atoms with Gasteiger partial charge in [-0.1, -0.05) is 6.92 Å². The van der Waals surface area contributed by atoms with Gasteiger partial charge < -0.3 is 15.8 Å². The summed E-state index contributed by atoms with van der Waals surface area (Å²) >= 11 is 0. The Hall–Kier alpha value is -0.650. The van der Waals surface area contributed by atoms with E-state index in [1.165, 1.54) is 0 Å². The van der Waals surface area contributed by atoms with Crippen molar-refractivity contribution < 1.29 is 9.53 Å². The van der Waals surface area contributed by atoms with E-state index in [0.29, 0.717) is 12.6 Å². The van der Waals surface area contributed by atoms with Crippen LogP contribution >= 0.6 is 0 Å². The first kappa shape index (κ1) is 16.4. The molecule has 3 N–H and O–H groups in total. The molecule has 0 bridgehead atoms. The van der Waals surface area contributed by atoms with E-state index < -0.39 is 0 Å². The molecule has 0 spiro atoms. The summed E-state index contributed by atoms with van der Waals surface area (Å²) in [7, 11) is 1.70. The van der Waals surface area contributed by atoms with Crippen LogP contribution in [-0.4, -0.2) is 56.2 Å². The topological polar surface area (TPSA) is 67.6 Å². The number of nitrogens with zero attached hydrogens (tertiary/aromatic N) is 1. The first-order valence-corrected chi connectivity index (χ1v) is 6.28. The van der Waals surface area contributed by atoms with Crippen molar-refractivity contribution >= 4 is 5.91 Å². The molecule has 0 radical (unpaired) electrons. The van der Waals surface area contributed by atoms with E-state index >= 15 is 0 Å². The number of ether oxygens (including phenoxy) is 1. The van der Waals surface area contributed by atoms with Gasteiger partial charge in [0, 0.05) is 26.2 Å². The van der Waals surface area contributed by atoms with Crippen LogP contribution in [0.3, 0.4) is 0 Å². The van der Waals surface area contributed by atoms with Gasteiger partial charge in [-0.3, -0.25) is 9.69 Å². The second kappa shape index (κ2) is 9.39. The van der Waals surface area contributed by atoms with E-state index in [0.717, 1.165) is 26.1 Å². The summed E-state index contributed by atoms with van der Waals surface area (Å²) in [5.74, 6) is -0.276. The Morgan fingerprint density at radius 2 is 2.06 bits per heavy atom. The second-order valence-corrected chi connectivity index (χ2v) is 4.42. The van der Waals surface area contributed by atoms with Crippen molar-refractivity contribution in [3.8, 4) is 0 Å². The first-order valence-electron chi connectivity index (χ1n) is 6.28. The molecule has 0 aromatic carbocycles. The zero-order valence-electron chi connectivity index (χ0n) is 11.5. The van der Waals surface area contributed by atoms with Crippen molar-refractivity contribution in [2.24, 2.45) is 5.73 Å². The molecule has 0 aromatic rings. The molecule has 0 aromatic heterocycles. The largest absolute Gasteiger partial charge is 0.383 e. The van der Waals surface area contributed by atoms with E-state index in [1.54, 1.807) is 7.11 Å². The lowest BCUT2D eigenvalue weighted by Gasteiger charge is -2.27. The number of hydrogen-bond acceptors (Lipinski definition) is 4. The van der Waals surface area contributed by atoms with Crippen molar-refractivity contribution in [2.75, 3.05) is 33.4 Å². The summed E-state index contributed by atoms with van der Waals surface area (Å²) < 4.78 is 5.08. The molecule has 0 saturated carbocycles. The molecule has 1 amide bonds. The molecule has 1 unspecified atom stereocenters. The average Bonchev–Trinajstić information content (AvgIpc) is 2.26. The normalized spacial score (nSPS) is 13.3. The minimum atomic E-state index is -0.276. The standard InChI is InChI=1S/C12H27N3O2/c1-5-14-11(12(13)16)6-7-15(10(2)3)8-9-17-4/h10-11,14H,5-9H2,1-4H3,(H2,13,16). The maximum Gasteiger partial charge on any atom is 0.234 e. The Labute approximate surface area is 105 Å². The van der Waals surface area contributed by atoms with E-state index in [9.17, 15) is 4.79 Å². The number of rotatable bonds is 10. The van der Waals surface area contributed by atoms with Crippen LogP contribution in [0.2, 0.25) is 0 Å². The second-order valence-electron chi connectivity index (χ2n) is 4.42. The fraction of sp³-hybridized carbons (Fsp3) is 0.917. The van der Waals surface area contributed by atoms with Crippen molar-refractivity contribution in [1.82, 2.24) is 10.2 Å². The van der Waals surface area contributed by atoms with Gasteiger partial charge in [0.1, 0.15) is 0 Å². The number of primary amides is 1. The number of carbonyl (C=O) groups is 1. The SMILES string of the molecule is CCNC(CCN(CCOC)C(C)C)C(N)=O. The summed E-state index contributed by atoms with van der Waals surface area (Å²) in [5.41, 5.74) is 5.34. The number of nitrogens with one attached hydrogen (secondary N) is 1. The molecule has 102 valence electrons. The molecule has 0 aliphatic carbocycles. The van der Waals surface area contributed by atoms with Crippen molar-refractivity contribution in [3.63, 3.8) is 0 Å². The van der Waals surface area contributed by atoms with Crippen LogP contribution < -0.4 is 11.1 Å². The van der Waals surface area contributed by atoms with E-state index in [4.69, 9.17) is 10.5 Å². The fourth-order valence-corrected chi connectivity index (χ4v) is 1.72. The Morgan fingerprint density at radius 3 is 2.47 bits per heavy atom. The zero-order chi connectivity index (χ0) is 13.3. The molecule has 0 aliphatic heterocycles. The summed E-state index contributed by atoms with van der Waals surface area (Å²) in [6.07, 6.45) is 0.741. The van der Waals surface area contributed by atoms with Crippen molar-refractivity contribution in [3.05, 3.63) is 0 Å². The predicted octanol–water partition coefficient (Wildman–Crippen LogP) is 0.197. The van der Waals surface area contributed by atoms with Gasteiger partial charge >= 0.3 is 0 Å². The van der Waals surface area contributed by atoms with Crippen LogP contribution in [-0.2, 0) is 9.53 Å². The van der Waals surface area contributed by atoms with E-state index in [-0.39, 0.29) is 11.9 Å². The van der Waals surface area contributed by atoms with Crippen LogP contribution in [0.5, 0.6) is 0 Å². The number of carbonyl (C=O) groups excluding carboxylic acids is 1. The highest BCUT2D eigenvalue weighted by molar-refractivity contribution is 5.79. The molecule has 0 saturated heterocycles. The van der Waals surface area contributed by atoms with Crippen LogP contribution in [0.1, 0.15) is 27.2 Å². The van der Waals surface area contributed by atoms with Gasteiger partial charge in [0.25, 0.3) is 0 Å². The number of methoxy groups -OCH3 is 1. The quantitative estimate of drug-likeness (QED) is 0.577. The van der Waals surface area contributed by atoms with Gasteiger partial charge in [-0.05, 0) is 26.8 Å². The van der Waals surface area contributed by atoms with Crippen molar-refractivity contribution in [2.45, 2.75) is 39.3 Å². The van der Waals surface area contributed by atoms with Gasteiger partial charge in [-0.2, -0.15) is 0 Å². The monoisotopic (exact) mass is 245 g/mol. The highest BCUT2D eigenvalue weighted by Crippen LogP contribution is 2.02. The third-order valence-corrected chi connectivity index (χ3v) is 2.81. The Balaban J connectivity index is 4.11. The lowest BCUT2D eigenvalue weighted by Crippen LogP contribution is -2.45. The Kier molecular flexibility index (Phi) is 9.03. The number of amides is 1. The molecule has 0 rings (SSSR count). The van der Waals surface area contributed by atoms with Crippen LogP contribution in [0.25, 0.3) is 0 Å². The molecular formula is C12H27N3O2. The maximum atomic E-state index is 11.2. The third-order valence-electron chi connectivity index (χ3n) is 2.81. The summed E-state index contributed by atoms with van der Waals surface area (Å²) in [4.78, 5) is 13.5. The molecule has 5 nitrogen and oxygen atoms in total. The summed E-state index contributed by atoms with van der Waals surface area (Å²) in [6, 6.07) is 0.212. The van der Waals surface area contributed by atoms with Gasteiger partial charge in [0.15, 0.2) is 0 Å². The smallest absolute Gasteiger partial charge is 0.234 e. The number of hydrogen-bond donors (Lipinski definition) is 2. The summed E-state index contributed by atoms with van der Waals surface area (Å²) in [6.45, 7) is 9.45. The molecule has 1 atom stereocenters. The fourth-order valence-electron chi connectivity index (χ4n) is 1.72. The molecule has 5 heteroatoms. The van der Waals surface area contributed by atoms with E-state index in [2.05, 4.69) is 24.1 Å². The minimum absolute atomic E-state index is 0.233. The van der Waals surface area contributed by atoms with Gasteiger partial charge in [0.05, 0.1) is 12.6 Å². The van der Waals surface area contributed by atoms with Crippen molar-refractivity contribution in [1.29, 1.82) is 0 Å². The van der Waals surface area contributed by atoms with Crippen LogP contribution in [0, 0.1) is 0 Å². The molecule has 17 heavy (non-hydrogen) atoms. The van der Waals surface area contributed by atoms with Gasteiger partial charge in [0.2, 0.25) is 5.91 Å². The van der Waals surface area contributed by atoms with E-state index in [1.807, 2.05) is 6.92 Å². The third kappa shape index (κ3) is 7.31. The van der Waals surface area contributed by atoms with Gasteiger partial charge in [-0.25, -0.2) is 0 Å². The molecule has 0 aliphatic rings. The molecule has 0 fully saturated rings. The predicted molar refractivity (Wildman–Crippen MR) is 69.9 cm³/mol. The first-order chi connectivity index (χ1) is 8.02. The zero-order valence-corrected chi connectivity index (χ0v) is 11.5. The maximum absolute atomic E-state index is 11.2. The molecular weight excluding hydrogens is 218 g/mol.